The van der Waals surface area contributed by atoms with Gasteiger partial charge >= 0.3 is 6.36 Å². The Balaban J connectivity index is 1.68. The maximum absolute atomic E-state index is 15.2. The Morgan fingerprint density at radius 3 is 2.03 bits per heavy atom. The van der Waals surface area contributed by atoms with Gasteiger partial charge in [0.15, 0.2) is 0 Å². The number of benzene rings is 3. The van der Waals surface area contributed by atoms with Crippen LogP contribution in [0.2, 0.25) is 0 Å². The fraction of sp³-hybridized carbons (Fsp3) is 0.200. The van der Waals surface area contributed by atoms with Crippen LogP contribution in [0, 0.1) is 23.3 Å². The summed E-state index contributed by atoms with van der Waals surface area (Å²) in [6, 6.07) is 7.75. The van der Waals surface area contributed by atoms with Crippen molar-refractivity contribution >= 4 is 5.57 Å². The van der Waals surface area contributed by atoms with Crippen LogP contribution in [0.25, 0.3) is 16.7 Å². The third-order valence-corrected chi connectivity index (χ3v) is 5.55. The molecule has 172 valence electrons. The van der Waals surface area contributed by atoms with Crippen LogP contribution < -0.4 is 4.74 Å². The van der Waals surface area contributed by atoms with Crippen molar-refractivity contribution in [3.05, 3.63) is 94.1 Å². The molecule has 8 heteroatoms. The van der Waals surface area contributed by atoms with Gasteiger partial charge in [-0.1, -0.05) is 25.1 Å². The molecular weight excluding hydrogens is 449 g/mol. The zero-order chi connectivity index (χ0) is 23.9. The molecule has 1 aliphatic rings. The van der Waals surface area contributed by atoms with Gasteiger partial charge in [-0.15, -0.1) is 13.2 Å². The molecule has 0 saturated carbocycles. The Kier molecular flexibility index (Phi) is 5.95. The Morgan fingerprint density at radius 1 is 0.848 bits per heavy atom. The molecule has 0 unspecified atom stereocenters. The molecule has 0 atom stereocenters. The summed E-state index contributed by atoms with van der Waals surface area (Å²) in [6.07, 6.45) is -3.02. The highest BCUT2D eigenvalue weighted by atomic mass is 19.4. The average molecular weight is 466 g/mol. The third kappa shape index (κ3) is 4.60. The molecule has 33 heavy (non-hydrogen) atoms. The van der Waals surface area contributed by atoms with Crippen molar-refractivity contribution in [2.45, 2.75) is 32.5 Å². The molecule has 0 bridgehead atoms. The van der Waals surface area contributed by atoms with Gasteiger partial charge in [0, 0.05) is 5.56 Å². The molecule has 0 fully saturated rings. The molecule has 1 aliphatic carbocycles. The highest BCUT2D eigenvalue weighted by molar-refractivity contribution is 5.74. The Hall–Kier alpha value is -3.29. The van der Waals surface area contributed by atoms with Crippen molar-refractivity contribution < 1.29 is 35.5 Å². The van der Waals surface area contributed by atoms with Crippen molar-refractivity contribution in [3.8, 4) is 16.9 Å². The monoisotopic (exact) mass is 466 g/mol. The number of hydrogen-bond donors (Lipinski definition) is 0. The lowest BCUT2D eigenvalue weighted by molar-refractivity contribution is -0.274. The predicted octanol–water partition coefficient (Wildman–Crippen LogP) is 7.55. The molecular formula is C25H17F7O. The molecule has 0 N–H and O–H groups in total. The fourth-order valence-electron chi connectivity index (χ4n) is 4.00. The summed E-state index contributed by atoms with van der Waals surface area (Å²) in [7, 11) is 0. The zero-order valence-corrected chi connectivity index (χ0v) is 17.3. The number of alkyl halides is 3. The van der Waals surface area contributed by atoms with E-state index in [0.29, 0.717) is 17.6 Å². The Morgan fingerprint density at radius 2 is 1.45 bits per heavy atom. The van der Waals surface area contributed by atoms with E-state index in [1.165, 1.54) is 18.2 Å². The predicted molar refractivity (Wildman–Crippen MR) is 110 cm³/mol. The van der Waals surface area contributed by atoms with Crippen LogP contribution >= 0.6 is 0 Å². The fourth-order valence-corrected chi connectivity index (χ4v) is 4.00. The lowest BCUT2D eigenvalue weighted by Gasteiger charge is -2.21. The third-order valence-electron chi connectivity index (χ3n) is 5.55. The number of aryl methyl sites for hydroxylation is 1. The molecule has 1 nitrogen and oxygen atoms in total. The second-order valence-corrected chi connectivity index (χ2v) is 7.66. The van der Waals surface area contributed by atoms with E-state index in [1.54, 1.807) is 6.92 Å². The standard InChI is InChI=1S/C25H17F7O/c1-2-13-9-19(26)22(20(27)10-13)15-5-8-18-16(11-15)12-21(28)23(24(18)29)14-3-6-17(7-4-14)33-25(30,31)32/h3-7,9-10,12H,2,8,11H2,1H3. The summed E-state index contributed by atoms with van der Waals surface area (Å²) < 4.78 is 99.9. The first kappa shape index (κ1) is 22.9. The van der Waals surface area contributed by atoms with Crippen LogP contribution in [0.5, 0.6) is 5.75 Å². The Labute approximate surface area is 185 Å². The van der Waals surface area contributed by atoms with Gasteiger partial charge in [0.25, 0.3) is 0 Å². The van der Waals surface area contributed by atoms with E-state index in [9.17, 15) is 26.3 Å². The highest BCUT2D eigenvalue weighted by Gasteiger charge is 2.31. The average Bonchev–Trinajstić information content (AvgIpc) is 2.73. The molecule has 0 amide bonds. The number of allylic oxidation sites excluding steroid dienone is 2. The quantitative estimate of drug-likeness (QED) is 0.361. The van der Waals surface area contributed by atoms with Crippen molar-refractivity contribution in [3.63, 3.8) is 0 Å². The summed E-state index contributed by atoms with van der Waals surface area (Å²) in [6.45, 7) is 1.77. The normalized spacial score (nSPS) is 13.5. The molecule has 3 aromatic carbocycles. The molecule has 0 aliphatic heterocycles. The van der Waals surface area contributed by atoms with Crippen molar-refractivity contribution in [1.82, 2.24) is 0 Å². The lowest BCUT2D eigenvalue weighted by Crippen LogP contribution is -2.17. The van der Waals surface area contributed by atoms with E-state index < -0.39 is 40.9 Å². The lowest BCUT2D eigenvalue weighted by atomic mass is 9.85. The first-order valence-corrected chi connectivity index (χ1v) is 10.1. The van der Waals surface area contributed by atoms with E-state index in [0.717, 1.165) is 30.3 Å². The largest absolute Gasteiger partial charge is 0.573 e. The van der Waals surface area contributed by atoms with Gasteiger partial charge in [0.1, 0.15) is 29.0 Å². The van der Waals surface area contributed by atoms with Crippen LogP contribution in [-0.4, -0.2) is 6.36 Å². The summed E-state index contributed by atoms with van der Waals surface area (Å²) in [5, 5.41) is 0. The van der Waals surface area contributed by atoms with Gasteiger partial charge in [-0.2, -0.15) is 0 Å². The van der Waals surface area contributed by atoms with E-state index in [2.05, 4.69) is 4.74 Å². The summed E-state index contributed by atoms with van der Waals surface area (Å²) in [5.41, 5.74) is 0.624. The second-order valence-electron chi connectivity index (χ2n) is 7.66. The van der Waals surface area contributed by atoms with Crippen molar-refractivity contribution in [2.24, 2.45) is 0 Å². The topological polar surface area (TPSA) is 9.23 Å². The van der Waals surface area contributed by atoms with E-state index in [-0.39, 0.29) is 35.1 Å². The first-order chi connectivity index (χ1) is 15.6. The minimum absolute atomic E-state index is 0.0204. The molecule has 4 rings (SSSR count). The van der Waals surface area contributed by atoms with Gasteiger partial charge in [0.05, 0.1) is 5.56 Å². The first-order valence-electron chi connectivity index (χ1n) is 10.1. The van der Waals surface area contributed by atoms with Crippen LogP contribution in [0.4, 0.5) is 30.7 Å². The van der Waals surface area contributed by atoms with Crippen molar-refractivity contribution in [2.75, 3.05) is 0 Å². The maximum atomic E-state index is 15.2. The van der Waals surface area contributed by atoms with Crippen LogP contribution in [-0.2, 0) is 19.3 Å². The smallest absolute Gasteiger partial charge is 0.406 e. The number of rotatable bonds is 4. The summed E-state index contributed by atoms with van der Waals surface area (Å²) in [4.78, 5) is 0. The number of halogens is 7. The van der Waals surface area contributed by atoms with Crippen molar-refractivity contribution in [1.29, 1.82) is 0 Å². The van der Waals surface area contributed by atoms with E-state index in [1.807, 2.05) is 0 Å². The molecule has 0 aromatic heterocycles. The van der Waals surface area contributed by atoms with Gasteiger partial charge in [-0.05, 0) is 77.4 Å². The zero-order valence-electron chi connectivity index (χ0n) is 17.3. The molecule has 0 spiro atoms. The van der Waals surface area contributed by atoms with Gasteiger partial charge in [-0.25, -0.2) is 17.6 Å². The van der Waals surface area contributed by atoms with Gasteiger partial charge in [-0.3, -0.25) is 0 Å². The molecule has 0 heterocycles. The summed E-state index contributed by atoms with van der Waals surface area (Å²) >= 11 is 0. The Bertz CT molecular complexity index is 1220. The minimum atomic E-state index is -4.89. The van der Waals surface area contributed by atoms with E-state index in [4.69, 9.17) is 0 Å². The highest BCUT2D eigenvalue weighted by Crippen LogP contribution is 2.37. The van der Waals surface area contributed by atoms with Gasteiger partial charge in [0.2, 0.25) is 0 Å². The maximum Gasteiger partial charge on any atom is 0.573 e. The van der Waals surface area contributed by atoms with Crippen LogP contribution in [0.3, 0.4) is 0 Å². The second kappa shape index (κ2) is 8.57. The number of hydrogen-bond acceptors (Lipinski definition) is 1. The van der Waals surface area contributed by atoms with E-state index >= 15 is 4.39 Å². The molecule has 3 aromatic rings. The minimum Gasteiger partial charge on any atom is -0.406 e. The SMILES string of the molecule is CCc1cc(F)c(C2=CCc3c(cc(F)c(-c4ccc(OC(F)(F)F)cc4)c3F)C2)c(F)c1. The number of fused-ring (bicyclic) bond motifs is 1. The van der Waals surface area contributed by atoms with Crippen LogP contribution in [0.1, 0.15) is 29.2 Å². The van der Waals surface area contributed by atoms with Crippen LogP contribution in [0.15, 0.2) is 48.5 Å². The van der Waals surface area contributed by atoms with Gasteiger partial charge < -0.3 is 4.74 Å². The summed E-state index contributed by atoms with van der Waals surface area (Å²) in [5.74, 6) is -3.79. The molecule has 0 radical (unpaired) electrons. The number of ether oxygens (including phenoxy) is 1. The molecule has 0 saturated heterocycles.